The highest BCUT2D eigenvalue weighted by Crippen LogP contribution is 2.36. The lowest BCUT2D eigenvalue weighted by molar-refractivity contribution is -0.111. The molecule has 1 aromatic carbocycles. The molecule has 172 valence electrons. The van der Waals surface area contributed by atoms with Crippen LogP contribution in [-0.2, 0) is 14.6 Å². The molecule has 1 heterocycles. The van der Waals surface area contributed by atoms with Crippen molar-refractivity contribution in [2.75, 3.05) is 11.9 Å². The van der Waals surface area contributed by atoms with Crippen LogP contribution in [0.5, 0.6) is 0 Å². The van der Waals surface area contributed by atoms with Gasteiger partial charge in [-0.25, -0.2) is 13.4 Å². The molecule has 1 amide bonds. The van der Waals surface area contributed by atoms with Crippen molar-refractivity contribution in [2.45, 2.75) is 61.7 Å². The highest BCUT2D eigenvalue weighted by molar-refractivity contribution is 7.92. The fourth-order valence-electron chi connectivity index (χ4n) is 4.11. The number of nitrogens with one attached hydrogen (secondary N) is 1. The van der Waals surface area contributed by atoms with E-state index < -0.39 is 22.5 Å². The highest BCUT2D eigenvalue weighted by atomic mass is 32.2. The number of carbonyl (C=O) groups is 1. The summed E-state index contributed by atoms with van der Waals surface area (Å²) in [5.41, 5.74) is 2.12. The fraction of sp³-hybridized carbons (Fsp3) is 0.478. The second kappa shape index (κ2) is 9.43. The van der Waals surface area contributed by atoms with Crippen molar-refractivity contribution >= 4 is 37.8 Å². The Kier molecular flexibility index (Phi) is 6.80. The van der Waals surface area contributed by atoms with Gasteiger partial charge in [-0.2, -0.15) is 0 Å². The molecule has 2 fully saturated rings. The van der Waals surface area contributed by atoms with Crippen LogP contribution in [0.25, 0.3) is 5.57 Å². The number of thiazole rings is 1. The Bertz CT molecular complexity index is 1130. The zero-order valence-electron chi connectivity index (χ0n) is 18.0. The number of amides is 1. The Labute approximate surface area is 192 Å². The maximum Gasteiger partial charge on any atom is 0.257 e. The molecule has 2 aliphatic carbocycles. The van der Waals surface area contributed by atoms with Crippen LogP contribution < -0.4 is 5.32 Å². The number of aliphatic hydroxyl groups is 2. The molecule has 2 saturated carbocycles. The lowest BCUT2D eigenvalue weighted by Gasteiger charge is -2.14. The number of allylic oxidation sites excluding steroid dienone is 1. The Morgan fingerprint density at radius 3 is 2.62 bits per heavy atom. The van der Waals surface area contributed by atoms with E-state index >= 15 is 0 Å². The van der Waals surface area contributed by atoms with E-state index in [-0.39, 0.29) is 11.2 Å². The Balaban J connectivity index is 1.63. The van der Waals surface area contributed by atoms with E-state index in [1.54, 1.807) is 30.5 Å². The predicted molar refractivity (Wildman–Crippen MR) is 124 cm³/mol. The van der Waals surface area contributed by atoms with Crippen molar-refractivity contribution in [2.24, 2.45) is 5.92 Å². The molecule has 4 rings (SSSR count). The first-order valence-electron chi connectivity index (χ1n) is 10.9. The third kappa shape index (κ3) is 4.96. The van der Waals surface area contributed by atoms with E-state index in [2.05, 4.69) is 10.3 Å². The summed E-state index contributed by atoms with van der Waals surface area (Å²) in [6.45, 7) is 1.33. The number of hydrogen-bond donors (Lipinski definition) is 3. The molecule has 32 heavy (non-hydrogen) atoms. The summed E-state index contributed by atoms with van der Waals surface area (Å²) in [5.74, 6) is -0.0255. The van der Waals surface area contributed by atoms with Crippen molar-refractivity contribution in [3.63, 3.8) is 0 Å². The number of aryl methyl sites for hydroxylation is 1. The summed E-state index contributed by atoms with van der Waals surface area (Å²) in [6.07, 6.45) is 6.61. The number of aliphatic hydroxyl groups excluding tert-OH is 2. The molecular weight excluding hydrogens is 448 g/mol. The molecule has 1 aromatic heterocycles. The number of nitrogens with zero attached hydrogens (tertiary/aromatic N) is 1. The van der Waals surface area contributed by atoms with Crippen molar-refractivity contribution in [1.29, 1.82) is 0 Å². The molecule has 9 heteroatoms. The van der Waals surface area contributed by atoms with Crippen LogP contribution >= 0.6 is 11.3 Å². The summed E-state index contributed by atoms with van der Waals surface area (Å²) in [6, 6.07) is 5.11. The number of carbonyl (C=O) groups excluding carboxylic acids is 1. The molecule has 1 unspecified atom stereocenters. The van der Waals surface area contributed by atoms with Gasteiger partial charge in [-0.1, -0.05) is 25.0 Å². The Morgan fingerprint density at radius 2 is 2.00 bits per heavy atom. The van der Waals surface area contributed by atoms with Crippen LogP contribution in [0.2, 0.25) is 0 Å². The van der Waals surface area contributed by atoms with Gasteiger partial charge >= 0.3 is 0 Å². The zero-order chi connectivity index (χ0) is 22.9. The predicted octanol–water partition coefficient (Wildman–Crippen LogP) is 3.63. The van der Waals surface area contributed by atoms with E-state index in [0.29, 0.717) is 51.2 Å². The minimum Gasteiger partial charge on any atom is -0.393 e. The van der Waals surface area contributed by atoms with E-state index in [0.717, 1.165) is 25.7 Å². The first kappa shape index (κ1) is 23.1. The van der Waals surface area contributed by atoms with Gasteiger partial charge in [0.15, 0.2) is 15.0 Å². The summed E-state index contributed by atoms with van der Waals surface area (Å²) in [5, 5.41) is 23.3. The second-order valence-corrected chi connectivity index (χ2v) is 11.6. The molecule has 1 atom stereocenters. The number of rotatable bonds is 8. The fourth-order valence-corrected chi connectivity index (χ4v) is 6.74. The molecule has 0 bridgehead atoms. The summed E-state index contributed by atoms with van der Waals surface area (Å²) in [7, 11) is -3.31. The molecule has 2 aliphatic rings. The SMILES string of the molecule is Cc1cc(C(=CC2CCCC2)C(=O)Nc2nc(C(O)CO)cs2)ccc1S(=O)(=O)C1CC1. The molecule has 0 aliphatic heterocycles. The average molecular weight is 477 g/mol. The summed E-state index contributed by atoms with van der Waals surface area (Å²) >= 11 is 1.18. The molecule has 2 aromatic rings. The quantitative estimate of drug-likeness (QED) is 0.501. The van der Waals surface area contributed by atoms with Gasteiger partial charge in [0.25, 0.3) is 5.91 Å². The smallest absolute Gasteiger partial charge is 0.257 e. The van der Waals surface area contributed by atoms with Gasteiger partial charge in [0.05, 0.1) is 22.4 Å². The van der Waals surface area contributed by atoms with E-state index in [9.17, 15) is 18.3 Å². The lowest BCUT2D eigenvalue weighted by atomic mass is 9.97. The number of anilines is 1. The third-order valence-electron chi connectivity index (χ3n) is 6.06. The monoisotopic (exact) mass is 476 g/mol. The van der Waals surface area contributed by atoms with Crippen LogP contribution in [-0.4, -0.2) is 41.4 Å². The minimum absolute atomic E-state index is 0.280. The summed E-state index contributed by atoms with van der Waals surface area (Å²) < 4.78 is 25.4. The Morgan fingerprint density at radius 1 is 1.28 bits per heavy atom. The van der Waals surface area contributed by atoms with Crippen LogP contribution in [0.3, 0.4) is 0 Å². The maximum absolute atomic E-state index is 13.2. The van der Waals surface area contributed by atoms with E-state index in [1.807, 2.05) is 6.08 Å². The van der Waals surface area contributed by atoms with Crippen LogP contribution in [0.15, 0.2) is 34.6 Å². The molecule has 0 spiro atoms. The largest absolute Gasteiger partial charge is 0.393 e. The molecular formula is C23H28N2O5S2. The van der Waals surface area contributed by atoms with Gasteiger partial charge in [-0.3, -0.25) is 10.1 Å². The molecule has 7 nitrogen and oxygen atoms in total. The van der Waals surface area contributed by atoms with Crippen molar-refractivity contribution in [3.8, 4) is 0 Å². The number of sulfone groups is 1. The van der Waals surface area contributed by atoms with E-state index in [1.165, 1.54) is 11.3 Å². The maximum atomic E-state index is 13.2. The van der Waals surface area contributed by atoms with Gasteiger partial charge in [-0.05, 0) is 61.8 Å². The van der Waals surface area contributed by atoms with Crippen molar-refractivity contribution in [3.05, 3.63) is 46.5 Å². The van der Waals surface area contributed by atoms with Crippen LogP contribution in [0.1, 0.15) is 61.4 Å². The highest BCUT2D eigenvalue weighted by Gasteiger charge is 2.37. The third-order valence-corrected chi connectivity index (χ3v) is 9.26. The molecule has 3 N–H and O–H groups in total. The van der Waals surface area contributed by atoms with Gasteiger partial charge in [-0.15, -0.1) is 11.3 Å². The van der Waals surface area contributed by atoms with Gasteiger partial charge in [0.1, 0.15) is 6.10 Å². The van der Waals surface area contributed by atoms with Crippen molar-refractivity contribution in [1.82, 2.24) is 4.98 Å². The topological polar surface area (TPSA) is 117 Å². The minimum atomic E-state index is -3.31. The normalized spacial score (nSPS) is 18.7. The second-order valence-electron chi connectivity index (χ2n) is 8.58. The Hall–Kier alpha value is -2.07. The van der Waals surface area contributed by atoms with Gasteiger partial charge in [0.2, 0.25) is 0 Å². The zero-order valence-corrected chi connectivity index (χ0v) is 19.6. The standard InChI is InChI=1S/C23H28N2O5S2/c1-14-10-16(6-9-21(14)32(29,30)17-7-8-17)18(11-15-4-2-3-5-15)22(28)25-23-24-19(13-31-23)20(27)12-26/h6,9-11,13,15,17,20,26-27H,2-5,7-8,12H2,1H3,(H,24,25,28). The molecule has 0 radical (unpaired) electrons. The van der Waals surface area contributed by atoms with Crippen molar-refractivity contribution < 1.29 is 23.4 Å². The molecule has 0 saturated heterocycles. The van der Waals surface area contributed by atoms with Gasteiger partial charge in [0, 0.05) is 11.0 Å². The van der Waals surface area contributed by atoms with E-state index in [4.69, 9.17) is 5.11 Å². The number of benzene rings is 1. The first-order chi connectivity index (χ1) is 15.3. The lowest BCUT2D eigenvalue weighted by Crippen LogP contribution is -2.15. The van der Waals surface area contributed by atoms with Crippen LogP contribution in [0, 0.1) is 12.8 Å². The number of aromatic nitrogens is 1. The van der Waals surface area contributed by atoms with Gasteiger partial charge < -0.3 is 10.2 Å². The first-order valence-corrected chi connectivity index (χ1v) is 13.3. The van der Waals surface area contributed by atoms with Crippen LogP contribution in [0.4, 0.5) is 5.13 Å². The number of hydrogen-bond acceptors (Lipinski definition) is 7. The summed E-state index contributed by atoms with van der Waals surface area (Å²) in [4.78, 5) is 17.7. The average Bonchev–Trinajstić information content (AvgIpc) is 3.33.